The SMILES string of the molecule is Cc1c(C(=O)OC(C)(C)C)c2cccnc2n1C(C)Cn1ccccc1=O. The van der Waals surface area contributed by atoms with Gasteiger partial charge in [0, 0.05) is 36.1 Å². The monoisotopic (exact) mass is 367 g/mol. The number of nitrogens with zero attached hydrogens (tertiary/aromatic N) is 3. The molecule has 27 heavy (non-hydrogen) atoms. The van der Waals surface area contributed by atoms with Crippen molar-refractivity contribution in [2.45, 2.75) is 52.8 Å². The van der Waals surface area contributed by atoms with Gasteiger partial charge in [0.15, 0.2) is 0 Å². The van der Waals surface area contributed by atoms with Crippen molar-refractivity contribution in [3.05, 3.63) is 64.3 Å². The van der Waals surface area contributed by atoms with Gasteiger partial charge in [-0.05, 0) is 52.8 Å². The van der Waals surface area contributed by atoms with E-state index in [1.54, 1.807) is 23.0 Å². The third kappa shape index (κ3) is 3.79. The molecule has 0 N–H and O–H groups in total. The molecule has 0 aromatic carbocycles. The van der Waals surface area contributed by atoms with Gasteiger partial charge in [-0.25, -0.2) is 9.78 Å². The summed E-state index contributed by atoms with van der Waals surface area (Å²) in [5.41, 5.74) is 1.39. The predicted octanol–water partition coefficient (Wildman–Crippen LogP) is 3.72. The van der Waals surface area contributed by atoms with Crippen LogP contribution >= 0.6 is 0 Å². The molecule has 6 heteroatoms. The molecule has 3 aromatic rings. The quantitative estimate of drug-likeness (QED) is 0.659. The van der Waals surface area contributed by atoms with E-state index in [0.717, 1.165) is 11.1 Å². The van der Waals surface area contributed by atoms with Crippen molar-refractivity contribution in [2.75, 3.05) is 0 Å². The van der Waals surface area contributed by atoms with Crippen LogP contribution in [0.1, 0.15) is 49.8 Å². The van der Waals surface area contributed by atoms with Crippen LogP contribution in [0.25, 0.3) is 11.0 Å². The molecule has 142 valence electrons. The molecule has 0 amide bonds. The van der Waals surface area contributed by atoms with Crippen molar-refractivity contribution < 1.29 is 9.53 Å². The van der Waals surface area contributed by atoms with Gasteiger partial charge in [0.05, 0.1) is 11.6 Å². The third-order valence-corrected chi connectivity index (χ3v) is 4.41. The van der Waals surface area contributed by atoms with Gasteiger partial charge in [0.1, 0.15) is 11.2 Å². The van der Waals surface area contributed by atoms with Crippen molar-refractivity contribution in [3.63, 3.8) is 0 Å². The lowest BCUT2D eigenvalue weighted by atomic mass is 10.1. The highest BCUT2D eigenvalue weighted by atomic mass is 16.6. The molecule has 0 spiro atoms. The minimum atomic E-state index is -0.580. The van der Waals surface area contributed by atoms with Crippen LogP contribution in [0.5, 0.6) is 0 Å². The Bertz CT molecular complexity index is 1040. The first kappa shape index (κ1) is 18.9. The zero-order valence-electron chi connectivity index (χ0n) is 16.4. The summed E-state index contributed by atoms with van der Waals surface area (Å²) in [6.45, 7) is 9.94. The first-order chi connectivity index (χ1) is 12.7. The lowest BCUT2D eigenvalue weighted by molar-refractivity contribution is 0.00707. The first-order valence-corrected chi connectivity index (χ1v) is 9.03. The second kappa shape index (κ2) is 7.02. The van der Waals surface area contributed by atoms with E-state index in [9.17, 15) is 9.59 Å². The number of pyridine rings is 2. The summed E-state index contributed by atoms with van der Waals surface area (Å²) in [5.74, 6) is -0.360. The average molecular weight is 367 g/mol. The van der Waals surface area contributed by atoms with E-state index in [1.165, 1.54) is 6.07 Å². The summed E-state index contributed by atoms with van der Waals surface area (Å²) < 4.78 is 9.27. The van der Waals surface area contributed by atoms with Gasteiger partial charge >= 0.3 is 5.97 Å². The maximum Gasteiger partial charge on any atom is 0.341 e. The summed E-state index contributed by atoms with van der Waals surface area (Å²) in [7, 11) is 0. The number of hydrogen-bond acceptors (Lipinski definition) is 4. The van der Waals surface area contributed by atoms with Crippen LogP contribution in [0.15, 0.2) is 47.5 Å². The van der Waals surface area contributed by atoms with Gasteiger partial charge in [-0.1, -0.05) is 6.07 Å². The number of hydrogen-bond donors (Lipinski definition) is 0. The Labute approximate surface area is 158 Å². The Morgan fingerprint density at radius 3 is 2.63 bits per heavy atom. The maximum atomic E-state index is 12.8. The Balaban J connectivity index is 2.08. The van der Waals surface area contributed by atoms with Crippen molar-refractivity contribution >= 4 is 17.0 Å². The van der Waals surface area contributed by atoms with Gasteiger partial charge in [-0.2, -0.15) is 0 Å². The number of fused-ring (bicyclic) bond motifs is 1. The molecular formula is C21H25N3O3. The molecule has 0 aliphatic heterocycles. The largest absolute Gasteiger partial charge is 0.456 e. The molecule has 6 nitrogen and oxygen atoms in total. The van der Waals surface area contributed by atoms with Crippen LogP contribution in [-0.4, -0.2) is 25.7 Å². The van der Waals surface area contributed by atoms with Crippen LogP contribution in [0, 0.1) is 6.92 Å². The summed E-state index contributed by atoms with van der Waals surface area (Å²) in [6, 6.07) is 8.72. The Kier molecular flexibility index (Phi) is 4.91. The second-order valence-electron chi connectivity index (χ2n) is 7.75. The summed E-state index contributed by atoms with van der Waals surface area (Å²) >= 11 is 0. The van der Waals surface area contributed by atoms with Crippen molar-refractivity contribution in [1.82, 2.24) is 14.1 Å². The van der Waals surface area contributed by atoms with Gasteiger partial charge < -0.3 is 13.9 Å². The predicted molar refractivity (Wildman–Crippen MR) is 105 cm³/mol. The van der Waals surface area contributed by atoms with Gasteiger partial charge in [0.2, 0.25) is 0 Å². The summed E-state index contributed by atoms with van der Waals surface area (Å²) in [4.78, 5) is 29.4. The molecular weight excluding hydrogens is 342 g/mol. The van der Waals surface area contributed by atoms with E-state index < -0.39 is 5.60 Å². The van der Waals surface area contributed by atoms with Crippen LogP contribution in [0.2, 0.25) is 0 Å². The number of aromatic nitrogens is 3. The van der Waals surface area contributed by atoms with Crippen LogP contribution in [0.3, 0.4) is 0 Å². The number of rotatable bonds is 4. The van der Waals surface area contributed by atoms with E-state index >= 15 is 0 Å². The standard InChI is InChI=1S/C21H25N3O3/c1-14(13-23-12-7-6-10-17(23)25)24-15(2)18(20(26)27-21(3,4)5)16-9-8-11-22-19(16)24/h6-12,14H,13H2,1-5H3. The molecule has 0 saturated heterocycles. The minimum Gasteiger partial charge on any atom is -0.456 e. The van der Waals surface area contributed by atoms with Crippen LogP contribution < -0.4 is 5.56 Å². The van der Waals surface area contributed by atoms with E-state index in [0.29, 0.717) is 17.8 Å². The maximum absolute atomic E-state index is 12.8. The lowest BCUT2D eigenvalue weighted by Crippen LogP contribution is -2.25. The lowest BCUT2D eigenvalue weighted by Gasteiger charge is -2.20. The van der Waals surface area contributed by atoms with Crippen molar-refractivity contribution in [2.24, 2.45) is 0 Å². The van der Waals surface area contributed by atoms with Gasteiger partial charge in [0.25, 0.3) is 5.56 Å². The third-order valence-electron chi connectivity index (χ3n) is 4.41. The molecule has 0 aliphatic carbocycles. The number of esters is 1. The highest BCUT2D eigenvalue weighted by Gasteiger charge is 2.27. The molecule has 3 rings (SSSR count). The van der Waals surface area contributed by atoms with E-state index in [-0.39, 0.29) is 17.6 Å². The topological polar surface area (TPSA) is 66.1 Å². The second-order valence-corrected chi connectivity index (χ2v) is 7.75. The zero-order chi connectivity index (χ0) is 19.8. The van der Waals surface area contributed by atoms with Gasteiger partial charge in [-0.15, -0.1) is 0 Å². The normalized spacial score (nSPS) is 12.9. The fourth-order valence-corrected chi connectivity index (χ4v) is 3.36. The summed E-state index contributed by atoms with van der Waals surface area (Å²) in [6.07, 6.45) is 3.47. The molecule has 1 atom stereocenters. The number of ether oxygens (including phenoxy) is 1. The molecule has 3 heterocycles. The van der Waals surface area contributed by atoms with Crippen LogP contribution in [-0.2, 0) is 11.3 Å². The Hall–Kier alpha value is -2.89. The molecule has 0 fully saturated rings. The smallest absolute Gasteiger partial charge is 0.341 e. The van der Waals surface area contributed by atoms with Crippen LogP contribution in [0.4, 0.5) is 0 Å². The average Bonchev–Trinajstić information content (AvgIpc) is 2.87. The van der Waals surface area contributed by atoms with E-state index in [4.69, 9.17) is 4.74 Å². The Morgan fingerprint density at radius 1 is 1.22 bits per heavy atom. The van der Waals surface area contributed by atoms with Crippen molar-refractivity contribution in [1.29, 1.82) is 0 Å². The highest BCUT2D eigenvalue weighted by Crippen LogP contribution is 2.29. The molecule has 0 radical (unpaired) electrons. The van der Waals surface area contributed by atoms with Gasteiger partial charge in [-0.3, -0.25) is 4.79 Å². The van der Waals surface area contributed by atoms with E-state index in [1.807, 2.05) is 57.4 Å². The molecule has 1 unspecified atom stereocenters. The first-order valence-electron chi connectivity index (χ1n) is 9.03. The fourth-order valence-electron chi connectivity index (χ4n) is 3.36. The molecule has 0 saturated carbocycles. The molecule has 0 bridgehead atoms. The fraction of sp³-hybridized carbons (Fsp3) is 0.381. The number of carbonyl (C=O) groups excluding carboxylic acids is 1. The Morgan fingerprint density at radius 2 is 1.96 bits per heavy atom. The minimum absolute atomic E-state index is 0.0567. The highest BCUT2D eigenvalue weighted by molar-refractivity contribution is 6.05. The summed E-state index contributed by atoms with van der Waals surface area (Å²) in [5, 5.41) is 0.761. The number of carbonyl (C=O) groups is 1. The van der Waals surface area contributed by atoms with Crippen molar-refractivity contribution in [3.8, 4) is 0 Å². The zero-order valence-corrected chi connectivity index (χ0v) is 16.4. The molecule has 3 aromatic heterocycles. The molecule has 0 aliphatic rings. The van der Waals surface area contributed by atoms with E-state index in [2.05, 4.69) is 4.98 Å².